The Balaban J connectivity index is 1.21. The number of ether oxygens (including phenoxy) is 2. The second-order valence-electron chi connectivity index (χ2n) is 7.33. The Morgan fingerprint density at radius 2 is 1.78 bits per heavy atom. The van der Waals surface area contributed by atoms with Gasteiger partial charge < -0.3 is 9.47 Å². The van der Waals surface area contributed by atoms with Gasteiger partial charge in [-0.3, -0.25) is 19.8 Å². The Morgan fingerprint density at radius 3 is 2.37 bits per heavy atom. The highest BCUT2D eigenvalue weighted by atomic mass is 16.5. The molecular weight excluding hydrogens is 348 g/mol. The van der Waals surface area contributed by atoms with E-state index < -0.39 is 6.09 Å². The molecule has 3 heterocycles. The Bertz CT molecular complexity index is 719. The van der Waals surface area contributed by atoms with Crippen molar-refractivity contribution in [1.82, 2.24) is 4.90 Å². The number of rotatable bonds is 6. The van der Waals surface area contributed by atoms with Crippen LogP contribution >= 0.6 is 0 Å². The van der Waals surface area contributed by atoms with Crippen molar-refractivity contribution in [3.05, 3.63) is 29.8 Å². The summed E-state index contributed by atoms with van der Waals surface area (Å²) in [5.41, 5.74) is 1.86. The number of carbonyl (C=O) groups is 3. The predicted molar refractivity (Wildman–Crippen MR) is 97.0 cm³/mol. The first-order valence-electron chi connectivity index (χ1n) is 9.62. The monoisotopic (exact) mass is 372 g/mol. The zero-order valence-electron chi connectivity index (χ0n) is 15.3. The molecule has 0 aromatic heterocycles. The van der Waals surface area contributed by atoms with Gasteiger partial charge in [-0.1, -0.05) is 19.1 Å². The van der Waals surface area contributed by atoms with Crippen molar-refractivity contribution in [3.8, 4) is 0 Å². The van der Waals surface area contributed by atoms with E-state index in [4.69, 9.17) is 9.47 Å². The molecule has 1 aromatic rings. The van der Waals surface area contributed by atoms with E-state index >= 15 is 0 Å². The molecule has 7 heteroatoms. The Labute approximate surface area is 158 Å². The predicted octanol–water partition coefficient (Wildman–Crippen LogP) is 2.35. The summed E-state index contributed by atoms with van der Waals surface area (Å²) in [4.78, 5) is 38.2. The van der Waals surface area contributed by atoms with Crippen LogP contribution in [0.25, 0.3) is 0 Å². The number of hydrogen-bond donors (Lipinski definition) is 1. The molecule has 0 radical (unpaired) electrons. The van der Waals surface area contributed by atoms with E-state index in [1.54, 1.807) is 0 Å². The van der Waals surface area contributed by atoms with Crippen LogP contribution in [0.3, 0.4) is 0 Å². The maximum atomic E-state index is 12.5. The van der Waals surface area contributed by atoms with Crippen molar-refractivity contribution in [2.45, 2.75) is 44.8 Å². The fourth-order valence-corrected chi connectivity index (χ4v) is 4.36. The summed E-state index contributed by atoms with van der Waals surface area (Å²) in [5.74, 6) is -0.853. The molecule has 144 valence electrons. The number of aryl methyl sites for hydroxylation is 1. The molecule has 27 heavy (non-hydrogen) atoms. The molecule has 4 unspecified atom stereocenters. The van der Waals surface area contributed by atoms with Gasteiger partial charge in [0.15, 0.2) is 0 Å². The molecule has 1 N–H and O–H groups in total. The van der Waals surface area contributed by atoms with Gasteiger partial charge in [0, 0.05) is 12.2 Å². The largest absolute Gasteiger partial charge is 0.449 e. The zero-order chi connectivity index (χ0) is 19.0. The van der Waals surface area contributed by atoms with Gasteiger partial charge in [-0.05, 0) is 43.4 Å². The fourth-order valence-electron chi connectivity index (χ4n) is 4.36. The Kier molecular flexibility index (Phi) is 4.86. The van der Waals surface area contributed by atoms with E-state index in [-0.39, 0.29) is 49.0 Å². The van der Waals surface area contributed by atoms with E-state index in [1.165, 1.54) is 10.5 Å². The van der Waals surface area contributed by atoms with Crippen molar-refractivity contribution < 1.29 is 23.9 Å². The second kappa shape index (κ2) is 7.31. The number of imide groups is 1. The van der Waals surface area contributed by atoms with Gasteiger partial charge in [0.05, 0.1) is 30.7 Å². The lowest BCUT2D eigenvalue weighted by atomic mass is 9.81. The highest BCUT2D eigenvalue weighted by molar-refractivity contribution is 6.06. The zero-order valence-corrected chi connectivity index (χ0v) is 15.3. The molecule has 1 aromatic carbocycles. The lowest BCUT2D eigenvalue weighted by Gasteiger charge is -2.17. The maximum Gasteiger partial charge on any atom is 0.411 e. The van der Waals surface area contributed by atoms with Crippen LogP contribution in [0.15, 0.2) is 24.3 Å². The third-order valence-corrected chi connectivity index (χ3v) is 5.74. The van der Waals surface area contributed by atoms with Crippen LogP contribution in [0, 0.1) is 11.8 Å². The molecule has 3 amide bonds. The lowest BCUT2D eigenvalue weighted by molar-refractivity contribution is -0.142. The minimum Gasteiger partial charge on any atom is -0.449 e. The van der Waals surface area contributed by atoms with Gasteiger partial charge in [-0.2, -0.15) is 0 Å². The molecule has 4 rings (SSSR count). The number of hydrogen-bond acceptors (Lipinski definition) is 5. The van der Waals surface area contributed by atoms with Crippen molar-refractivity contribution in [2.75, 3.05) is 18.5 Å². The van der Waals surface area contributed by atoms with Crippen LogP contribution in [0.4, 0.5) is 10.5 Å². The molecule has 0 spiro atoms. The van der Waals surface area contributed by atoms with Crippen molar-refractivity contribution in [2.24, 2.45) is 11.8 Å². The third-order valence-electron chi connectivity index (χ3n) is 5.74. The summed E-state index contributed by atoms with van der Waals surface area (Å²) in [7, 11) is 0. The van der Waals surface area contributed by atoms with Crippen LogP contribution < -0.4 is 5.32 Å². The number of benzene rings is 1. The van der Waals surface area contributed by atoms with E-state index in [1.807, 2.05) is 24.3 Å². The van der Waals surface area contributed by atoms with Gasteiger partial charge in [0.2, 0.25) is 11.8 Å². The number of fused-ring (bicyclic) bond motifs is 5. The molecule has 4 atom stereocenters. The number of nitrogens with zero attached hydrogens (tertiary/aromatic N) is 1. The average molecular weight is 372 g/mol. The number of nitrogens with one attached hydrogen (secondary N) is 1. The molecular formula is C20H24N2O5. The van der Waals surface area contributed by atoms with Crippen molar-refractivity contribution in [3.63, 3.8) is 0 Å². The SMILES string of the molecule is CCc1ccc(NC(=O)OCCCN2C(=O)C3C4CCC(O4)C3C2=O)cc1. The van der Waals surface area contributed by atoms with Crippen LogP contribution in [-0.2, 0) is 25.5 Å². The van der Waals surface area contributed by atoms with Gasteiger partial charge in [-0.25, -0.2) is 4.79 Å². The van der Waals surface area contributed by atoms with Crippen LogP contribution in [-0.4, -0.2) is 48.2 Å². The second-order valence-corrected chi connectivity index (χ2v) is 7.33. The smallest absolute Gasteiger partial charge is 0.411 e. The first-order valence-corrected chi connectivity index (χ1v) is 9.62. The fraction of sp³-hybridized carbons (Fsp3) is 0.550. The normalized spacial score (nSPS) is 28.6. The maximum absolute atomic E-state index is 12.5. The quantitative estimate of drug-likeness (QED) is 0.612. The standard InChI is InChI=1S/C20H24N2O5/c1-2-12-4-6-13(7-5-12)21-20(25)26-11-3-10-22-18(23)16-14-8-9-15(27-14)17(16)19(22)24/h4-7,14-17H,2-3,8-11H2,1H3,(H,21,25). The highest BCUT2D eigenvalue weighted by Gasteiger charge is 2.62. The topological polar surface area (TPSA) is 84.9 Å². The number of likely N-dealkylation sites (tertiary alicyclic amines) is 1. The molecule has 0 aliphatic carbocycles. The van der Waals surface area contributed by atoms with Crippen LogP contribution in [0.1, 0.15) is 31.7 Å². The van der Waals surface area contributed by atoms with Crippen LogP contribution in [0.5, 0.6) is 0 Å². The molecule has 2 bridgehead atoms. The van der Waals surface area contributed by atoms with Gasteiger partial charge in [0.1, 0.15) is 0 Å². The molecule has 3 aliphatic rings. The number of carbonyl (C=O) groups excluding carboxylic acids is 3. The summed E-state index contributed by atoms with van der Waals surface area (Å²) in [5, 5.41) is 2.67. The Hall–Kier alpha value is -2.41. The van der Waals surface area contributed by atoms with Gasteiger partial charge in [-0.15, -0.1) is 0 Å². The summed E-state index contributed by atoms with van der Waals surface area (Å²) in [6.07, 6.45) is 2.36. The Morgan fingerprint density at radius 1 is 1.15 bits per heavy atom. The third kappa shape index (κ3) is 3.32. The molecule has 7 nitrogen and oxygen atoms in total. The van der Waals surface area contributed by atoms with Crippen molar-refractivity contribution >= 4 is 23.6 Å². The van der Waals surface area contributed by atoms with Crippen LogP contribution in [0.2, 0.25) is 0 Å². The first kappa shape index (κ1) is 18.0. The summed E-state index contributed by atoms with van der Waals surface area (Å²) < 4.78 is 10.9. The number of anilines is 1. The van der Waals surface area contributed by atoms with E-state index in [9.17, 15) is 14.4 Å². The lowest BCUT2D eigenvalue weighted by Crippen LogP contribution is -2.35. The van der Waals surface area contributed by atoms with Crippen molar-refractivity contribution in [1.29, 1.82) is 0 Å². The summed E-state index contributed by atoms with van der Waals surface area (Å²) >= 11 is 0. The minimum absolute atomic E-state index is 0.0948. The highest BCUT2D eigenvalue weighted by Crippen LogP contribution is 2.48. The first-order chi connectivity index (χ1) is 13.1. The summed E-state index contributed by atoms with van der Waals surface area (Å²) in [6.45, 7) is 2.49. The molecule has 0 saturated carbocycles. The summed E-state index contributed by atoms with van der Waals surface area (Å²) in [6, 6.07) is 7.56. The van der Waals surface area contributed by atoms with E-state index in [0.29, 0.717) is 12.1 Å². The average Bonchev–Trinajstić information content (AvgIpc) is 3.35. The molecule has 3 aliphatic heterocycles. The van der Waals surface area contributed by atoms with E-state index in [0.717, 1.165) is 19.3 Å². The molecule has 3 fully saturated rings. The van der Waals surface area contributed by atoms with Gasteiger partial charge >= 0.3 is 6.09 Å². The van der Waals surface area contributed by atoms with E-state index in [2.05, 4.69) is 12.2 Å². The minimum atomic E-state index is -0.540. The van der Waals surface area contributed by atoms with Gasteiger partial charge in [0.25, 0.3) is 0 Å². The molecule has 3 saturated heterocycles. The number of amides is 3.